The first-order valence-corrected chi connectivity index (χ1v) is 4.15. The number of hydrogen-bond donors (Lipinski definition) is 1. The lowest BCUT2D eigenvalue weighted by Crippen LogP contribution is -2.16. The molecule has 1 aliphatic rings. The van der Waals surface area contributed by atoms with Gasteiger partial charge in [-0.1, -0.05) is 19.1 Å². The van der Waals surface area contributed by atoms with Crippen molar-refractivity contribution in [3.05, 3.63) is 12.2 Å². The van der Waals surface area contributed by atoms with Crippen LogP contribution in [0.2, 0.25) is 0 Å². The zero-order valence-corrected chi connectivity index (χ0v) is 6.79. The summed E-state index contributed by atoms with van der Waals surface area (Å²) in [5, 5.41) is 8.65. The summed E-state index contributed by atoms with van der Waals surface area (Å²) < 4.78 is 0. The molecule has 0 saturated heterocycles. The third-order valence-electron chi connectivity index (χ3n) is 2.31. The van der Waals surface area contributed by atoms with E-state index in [1.54, 1.807) is 0 Å². The van der Waals surface area contributed by atoms with Gasteiger partial charge in [0.25, 0.3) is 0 Å². The quantitative estimate of drug-likeness (QED) is 0.618. The second-order valence-electron chi connectivity index (χ2n) is 3.08. The van der Waals surface area contributed by atoms with Gasteiger partial charge in [0.15, 0.2) is 0 Å². The Morgan fingerprint density at radius 2 is 2.27 bits per heavy atom. The summed E-state index contributed by atoms with van der Waals surface area (Å²) in [6, 6.07) is 0. The predicted octanol–water partition coefficient (Wildman–Crippen LogP) is 2.06. The van der Waals surface area contributed by atoms with Crippen LogP contribution >= 0.6 is 0 Å². The van der Waals surface area contributed by atoms with Crippen LogP contribution in [-0.2, 0) is 4.79 Å². The summed E-state index contributed by atoms with van der Waals surface area (Å²) in [7, 11) is 0. The van der Waals surface area contributed by atoms with Crippen molar-refractivity contribution in [3.63, 3.8) is 0 Å². The summed E-state index contributed by atoms with van der Waals surface area (Å²) in [5.41, 5.74) is 0. The van der Waals surface area contributed by atoms with Gasteiger partial charge < -0.3 is 5.11 Å². The zero-order valence-electron chi connectivity index (χ0n) is 6.79. The highest BCUT2D eigenvalue weighted by atomic mass is 16.4. The highest BCUT2D eigenvalue weighted by Crippen LogP contribution is 2.24. The highest BCUT2D eigenvalue weighted by Gasteiger charge is 2.19. The van der Waals surface area contributed by atoms with Crippen molar-refractivity contribution in [2.75, 3.05) is 0 Å². The second-order valence-corrected chi connectivity index (χ2v) is 3.08. The zero-order chi connectivity index (χ0) is 8.27. The van der Waals surface area contributed by atoms with Crippen molar-refractivity contribution in [2.24, 2.45) is 11.8 Å². The lowest BCUT2D eigenvalue weighted by Gasteiger charge is -2.18. The molecule has 0 aliphatic heterocycles. The van der Waals surface area contributed by atoms with Crippen LogP contribution < -0.4 is 0 Å². The van der Waals surface area contributed by atoms with Crippen LogP contribution in [-0.4, -0.2) is 11.1 Å². The molecule has 11 heavy (non-hydrogen) atoms. The topological polar surface area (TPSA) is 37.3 Å². The van der Waals surface area contributed by atoms with Crippen LogP contribution in [0.25, 0.3) is 0 Å². The van der Waals surface area contributed by atoms with Crippen molar-refractivity contribution in [3.8, 4) is 0 Å². The molecule has 0 fully saturated rings. The molecule has 0 aromatic carbocycles. The average molecular weight is 154 g/mol. The van der Waals surface area contributed by atoms with Gasteiger partial charge in [0.05, 0.1) is 5.92 Å². The van der Waals surface area contributed by atoms with E-state index in [4.69, 9.17) is 5.11 Å². The monoisotopic (exact) mass is 154 g/mol. The van der Waals surface area contributed by atoms with E-state index >= 15 is 0 Å². The Bertz CT molecular complexity index is 172. The predicted molar refractivity (Wildman–Crippen MR) is 43.3 cm³/mol. The lowest BCUT2D eigenvalue weighted by atomic mass is 9.87. The van der Waals surface area contributed by atoms with E-state index in [0.29, 0.717) is 5.92 Å². The minimum Gasteiger partial charge on any atom is -0.481 e. The molecule has 62 valence electrons. The Morgan fingerprint density at radius 1 is 1.55 bits per heavy atom. The smallest absolute Gasteiger partial charge is 0.310 e. The van der Waals surface area contributed by atoms with Gasteiger partial charge in [-0.2, -0.15) is 0 Å². The van der Waals surface area contributed by atoms with E-state index in [9.17, 15) is 4.79 Å². The number of allylic oxidation sites excluding steroid dienone is 1. The fraction of sp³-hybridized carbons (Fsp3) is 0.667. The Kier molecular flexibility index (Phi) is 2.69. The molecule has 0 saturated carbocycles. The molecule has 1 rings (SSSR count). The van der Waals surface area contributed by atoms with Crippen LogP contribution in [0, 0.1) is 11.8 Å². The number of carboxylic acid groups (broad SMARTS) is 1. The molecule has 1 aliphatic carbocycles. The summed E-state index contributed by atoms with van der Waals surface area (Å²) >= 11 is 0. The SMILES string of the molecule is CCC1C=C[C@@H](C(=O)O)CC1. The van der Waals surface area contributed by atoms with Crippen molar-refractivity contribution in [2.45, 2.75) is 26.2 Å². The van der Waals surface area contributed by atoms with Crippen molar-refractivity contribution < 1.29 is 9.90 Å². The van der Waals surface area contributed by atoms with E-state index < -0.39 is 5.97 Å². The maximum absolute atomic E-state index is 10.5. The number of aliphatic carboxylic acids is 1. The third-order valence-corrected chi connectivity index (χ3v) is 2.31. The summed E-state index contributed by atoms with van der Waals surface area (Å²) in [6.07, 6.45) is 6.85. The molecule has 2 nitrogen and oxygen atoms in total. The molecular weight excluding hydrogens is 140 g/mol. The minimum atomic E-state index is -0.684. The maximum Gasteiger partial charge on any atom is 0.310 e. The van der Waals surface area contributed by atoms with E-state index in [1.165, 1.54) is 0 Å². The number of carboxylic acids is 1. The Balaban J connectivity index is 2.49. The Hall–Kier alpha value is -0.790. The van der Waals surface area contributed by atoms with Gasteiger partial charge in [-0.05, 0) is 25.2 Å². The first-order chi connectivity index (χ1) is 5.24. The van der Waals surface area contributed by atoms with Crippen LogP contribution in [0.15, 0.2) is 12.2 Å². The molecule has 2 heteroatoms. The first-order valence-electron chi connectivity index (χ1n) is 4.15. The molecule has 0 heterocycles. The van der Waals surface area contributed by atoms with Crippen molar-refractivity contribution in [1.29, 1.82) is 0 Å². The van der Waals surface area contributed by atoms with E-state index in [0.717, 1.165) is 19.3 Å². The maximum atomic E-state index is 10.5. The summed E-state index contributed by atoms with van der Waals surface area (Å²) in [6.45, 7) is 2.14. The normalized spacial score (nSPS) is 30.3. The minimum absolute atomic E-state index is 0.224. The van der Waals surface area contributed by atoms with Gasteiger partial charge in [0, 0.05) is 0 Å². The van der Waals surface area contributed by atoms with Crippen LogP contribution in [0.4, 0.5) is 0 Å². The molecule has 0 radical (unpaired) electrons. The first kappa shape index (κ1) is 8.31. The average Bonchev–Trinajstić information content (AvgIpc) is 2.05. The standard InChI is InChI=1S/C9H14O2/c1-2-7-3-5-8(6-4-7)9(10)11/h3,5,7-8H,2,4,6H2,1H3,(H,10,11)/t7?,8-/m1/s1. The fourth-order valence-corrected chi connectivity index (χ4v) is 1.42. The van der Waals surface area contributed by atoms with Gasteiger partial charge in [-0.15, -0.1) is 0 Å². The molecular formula is C9H14O2. The molecule has 1 N–H and O–H groups in total. The fourth-order valence-electron chi connectivity index (χ4n) is 1.42. The number of rotatable bonds is 2. The van der Waals surface area contributed by atoms with Gasteiger partial charge in [0.2, 0.25) is 0 Å². The van der Waals surface area contributed by atoms with Gasteiger partial charge in [-0.3, -0.25) is 4.79 Å². The molecule has 0 aromatic rings. The van der Waals surface area contributed by atoms with Crippen molar-refractivity contribution in [1.82, 2.24) is 0 Å². The molecule has 0 bridgehead atoms. The Labute approximate surface area is 66.9 Å². The Morgan fingerprint density at radius 3 is 2.64 bits per heavy atom. The highest BCUT2D eigenvalue weighted by molar-refractivity contribution is 5.72. The van der Waals surface area contributed by atoms with Crippen LogP contribution in [0.3, 0.4) is 0 Å². The van der Waals surface area contributed by atoms with Gasteiger partial charge in [0.1, 0.15) is 0 Å². The van der Waals surface area contributed by atoms with Gasteiger partial charge in [-0.25, -0.2) is 0 Å². The number of carbonyl (C=O) groups is 1. The largest absolute Gasteiger partial charge is 0.481 e. The lowest BCUT2D eigenvalue weighted by molar-refractivity contribution is -0.140. The van der Waals surface area contributed by atoms with Crippen molar-refractivity contribution >= 4 is 5.97 Å². The van der Waals surface area contributed by atoms with E-state index in [1.807, 2.05) is 12.2 Å². The molecule has 0 spiro atoms. The third kappa shape index (κ3) is 2.07. The van der Waals surface area contributed by atoms with E-state index in [2.05, 4.69) is 6.92 Å². The van der Waals surface area contributed by atoms with Crippen LogP contribution in [0.1, 0.15) is 26.2 Å². The van der Waals surface area contributed by atoms with E-state index in [-0.39, 0.29) is 5.92 Å². The molecule has 2 atom stereocenters. The molecule has 1 unspecified atom stereocenters. The molecule has 0 amide bonds. The molecule has 0 aromatic heterocycles. The second kappa shape index (κ2) is 3.56. The summed E-state index contributed by atoms with van der Waals surface area (Å²) in [5.74, 6) is -0.292. The van der Waals surface area contributed by atoms with Gasteiger partial charge >= 0.3 is 5.97 Å². The van der Waals surface area contributed by atoms with Crippen LogP contribution in [0.5, 0.6) is 0 Å². The number of hydrogen-bond acceptors (Lipinski definition) is 1. The summed E-state index contributed by atoms with van der Waals surface area (Å²) in [4.78, 5) is 10.5.